The third kappa shape index (κ3) is 3.33. The quantitative estimate of drug-likeness (QED) is 0.659. The van der Waals surface area contributed by atoms with Crippen molar-refractivity contribution in [1.82, 2.24) is 0 Å². The maximum Gasteiger partial charge on any atom is 0.0102 e. The van der Waals surface area contributed by atoms with Crippen molar-refractivity contribution >= 4 is 31.9 Å². The molecule has 0 aromatic heterocycles. The van der Waals surface area contributed by atoms with Crippen LogP contribution in [0.4, 0.5) is 0 Å². The fourth-order valence-corrected chi connectivity index (χ4v) is 4.49. The van der Waals surface area contributed by atoms with Crippen molar-refractivity contribution in [2.75, 3.05) is 10.7 Å². The molecule has 0 heterocycles. The lowest BCUT2D eigenvalue weighted by molar-refractivity contribution is 0.268. The Morgan fingerprint density at radius 1 is 1.19 bits per heavy atom. The molecule has 0 fully saturated rings. The Kier molecular flexibility index (Phi) is 5.52. The van der Waals surface area contributed by atoms with E-state index < -0.39 is 0 Å². The van der Waals surface area contributed by atoms with Gasteiger partial charge in [-0.2, -0.15) is 0 Å². The van der Waals surface area contributed by atoms with Gasteiger partial charge in [0.05, 0.1) is 0 Å². The lowest BCUT2D eigenvalue weighted by atomic mass is 9.76. The van der Waals surface area contributed by atoms with Gasteiger partial charge in [0.2, 0.25) is 0 Å². The normalized spacial score (nSPS) is 12.1. The third-order valence-corrected chi connectivity index (χ3v) is 5.63. The maximum atomic E-state index is 3.68. The second kappa shape index (κ2) is 6.20. The standard InChI is InChI=1S/C14H20Br2/c1-11(2)14(9-15,10-16)8-13-6-4-5-12(3)7-13/h4-7,11H,8-10H2,1-3H3. The van der Waals surface area contributed by atoms with Gasteiger partial charge in [-0.15, -0.1) is 0 Å². The zero-order valence-corrected chi connectivity index (χ0v) is 13.4. The SMILES string of the molecule is Cc1cccc(CC(CBr)(CBr)C(C)C)c1. The van der Waals surface area contributed by atoms with Gasteiger partial charge in [-0.3, -0.25) is 0 Å². The minimum Gasteiger partial charge on any atom is -0.0921 e. The van der Waals surface area contributed by atoms with Crippen LogP contribution >= 0.6 is 31.9 Å². The molecule has 0 aliphatic rings. The fourth-order valence-electron chi connectivity index (χ4n) is 1.87. The molecule has 2 heteroatoms. The van der Waals surface area contributed by atoms with Crippen molar-refractivity contribution in [3.8, 4) is 0 Å². The molecule has 0 nitrogen and oxygen atoms in total. The number of alkyl halides is 2. The van der Waals surface area contributed by atoms with Crippen LogP contribution < -0.4 is 0 Å². The largest absolute Gasteiger partial charge is 0.0921 e. The lowest BCUT2D eigenvalue weighted by Crippen LogP contribution is -2.33. The Balaban J connectivity index is 2.91. The van der Waals surface area contributed by atoms with Crippen molar-refractivity contribution in [2.45, 2.75) is 27.2 Å². The minimum absolute atomic E-state index is 0.313. The van der Waals surface area contributed by atoms with Crippen LogP contribution in [0.2, 0.25) is 0 Å². The van der Waals surface area contributed by atoms with Crippen LogP contribution in [0, 0.1) is 18.3 Å². The molecule has 0 saturated heterocycles. The van der Waals surface area contributed by atoms with Crippen LogP contribution in [0.3, 0.4) is 0 Å². The molecule has 0 saturated carbocycles. The Morgan fingerprint density at radius 2 is 1.81 bits per heavy atom. The van der Waals surface area contributed by atoms with Crippen LogP contribution in [-0.4, -0.2) is 10.7 Å². The zero-order chi connectivity index (χ0) is 12.2. The van der Waals surface area contributed by atoms with Gasteiger partial charge in [0.1, 0.15) is 0 Å². The highest BCUT2D eigenvalue weighted by Gasteiger charge is 2.31. The molecule has 0 N–H and O–H groups in total. The Bertz CT molecular complexity index is 327. The summed E-state index contributed by atoms with van der Waals surface area (Å²) in [6, 6.07) is 8.83. The fraction of sp³-hybridized carbons (Fsp3) is 0.571. The molecule has 16 heavy (non-hydrogen) atoms. The molecule has 0 aliphatic heterocycles. The number of hydrogen-bond donors (Lipinski definition) is 0. The number of aryl methyl sites for hydroxylation is 1. The zero-order valence-electron chi connectivity index (χ0n) is 10.3. The summed E-state index contributed by atoms with van der Waals surface area (Å²) in [4.78, 5) is 0. The van der Waals surface area contributed by atoms with Gasteiger partial charge in [-0.25, -0.2) is 0 Å². The molecule has 1 aromatic carbocycles. The topological polar surface area (TPSA) is 0 Å². The summed E-state index contributed by atoms with van der Waals surface area (Å²) >= 11 is 7.36. The summed E-state index contributed by atoms with van der Waals surface area (Å²) in [6.45, 7) is 6.76. The van der Waals surface area contributed by atoms with E-state index in [0.29, 0.717) is 11.3 Å². The Labute approximate surface area is 116 Å². The molecule has 0 amide bonds. The molecule has 1 aromatic rings. The molecule has 0 radical (unpaired) electrons. The summed E-state index contributed by atoms with van der Waals surface area (Å²) in [7, 11) is 0. The molecule has 90 valence electrons. The van der Waals surface area contributed by atoms with Crippen molar-refractivity contribution in [1.29, 1.82) is 0 Å². The summed E-state index contributed by atoms with van der Waals surface area (Å²) in [5, 5.41) is 2.08. The average Bonchev–Trinajstić information content (AvgIpc) is 2.25. The van der Waals surface area contributed by atoms with E-state index in [1.165, 1.54) is 11.1 Å². The van der Waals surface area contributed by atoms with E-state index >= 15 is 0 Å². The predicted molar refractivity (Wildman–Crippen MR) is 79.7 cm³/mol. The first kappa shape index (κ1) is 14.2. The Morgan fingerprint density at radius 3 is 2.25 bits per heavy atom. The van der Waals surface area contributed by atoms with E-state index in [-0.39, 0.29) is 0 Å². The minimum atomic E-state index is 0.313. The molecule has 0 atom stereocenters. The molecular weight excluding hydrogens is 328 g/mol. The van der Waals surface area contributed by atoms with Crippen LogP contribution in [0.25, 0.3) is 0 Å². The number of benzene rings is 1. The first-order valence-electron chi connectivity index (χ1n) is 5.71. The molecule has 0 bridgehead atoms. The summed E-state index contributed by atoms with van der Waals surface area (Å²) in [5.74, 6) is 0.659. The van der Waals surface area contributed by atoms with Crippen LogP contribution in [0.5, 0.6) is 0 Å². The number of halogens is 2. The van der Waals surface area contributed by atoms with E-state index in [0.717, 1.165) is 17.1 Å². The molecular formula is C14H20Br2. The molecule has 0 unspecified atom stereocenters. The van der Waals surface area contributed by atoms with Gasteiger partial charge < -0.3 is 0 Å². The number of rotatable bonds is 5. The van der Waals surface area contributed by atoms with Crippen molar-refractivity contribution in [3.05, 3.63) is 35.4 Å². The van der Waals surface area contributed by atoms with Crippen LogP contribution in [0.1, 0.15) is 25.0 Å². The van der Waals surface area contributed by atoms with Crippen molar-refractivity contribution < 1.29 is 0 Å². The maximum absolute atomic E-state index is 3.68. The lowest BCUT2D eigenvalue weighted by Gasteiger charge is -2.34. The van der Waals surface area contributed by atoms with E-state index in [9.17, 15) is 0 Å². The highest BCUT2D eigenvalue weighted by molar-refractivity contribution is 9.09. The first-order chi connectivity index (χ1) is 7.54. The third-order valence-electron chi connectivity index (χ3n) is 3.40. The summed E-state index contributed by atoms with van der Waals surface area (Å²) in [6.07, 6.45) is 1.13. The van der Waals surface area contributed by atoms with Gasteiger partial charge in [-0.1, -0.05) is 75.5 Å². The Hall–Kier alpha value is 0.180. The van der Waals surface area contributed by atoms with Gasteiger partial charge >= 0.3 is 0 Å². The van der Waals surface area contributed by atoms with Gasteiger partial charge in [0.25, 0.3) is 0 Å². The van der Waals surface area contributed by atoms with Crippen molar-refractivity contribution in [3.63, 3.8) is 0 Å². The predicted octanol–water partition coefficient (Wildman–Crippen LogP) is 4.97. The molecule has 0 spiro atoms. The second-order valence-corrected chi connectivity index (χ2v) is 6.07. The summed E-state index contributed by atoms with van der Waals surface area (Å²) in [5.41, 5.74) is 3.10. The molecule has 0 aliphatic carbocycles. The van der Waals surface area contributed by atoms with Gasteiger partial charge in [-0.05, 0) is 30.2 Å². The smallest absolute Gasteiger partial charge is 0.0102 e. The highest BCUT2D eigenvalue weighted by Crippen LogP contribution is 2.35. The van der Waals surface area contributed by atoms with Crippen LogP contribution in [-0.2, 0) is 6.42 Å². The molecule has 1 rings (SSSR count). The number of hydrogen-bond acceptors (Lipinski definition) is 0. The van der Waals surface area contributed by atoms with Crippen LogP contribution in [0.15, 0.2) is 24.3 Å². The monoisotopic (exact) mass is 346 g/mol. The van der Waals surface area contributed by atoms with Gasteiger partial charge in [0.15, 0.2) is 0 Å². The van der Waals surface area contributed by atoms with E-state index in [4.69, 9.17) is 0 Å². The second-order valence-electron chi connectivity index (χ2n) is 4.95. The highest BCUT2D eigenvalue weighted by atomic mass is 79.9. The van der Waals surface area contributed by atoms with E-state index in [1.807, 2.05) is 0 Å². The summed E-state index contributed by atoms with van der Waals surface area (Å²) < 4.78 is 0. The van der Waals surface area contributed by atoms with Gasteiger partial charge in [0, 0.05) is 10.7 Å². The van der Waals surface area contributed by atoms with E-state index in [2.05, 4.69) is 76.9 Å². The van der Waals surface area contributed by atoms with Crippen molar-refractivity contribution in [2.24, 2.45) is 11.3 Å². The average molecular weight is 348 g/mol. The van der Waals surface area contributed by atoms with E-state index in [1.54, 1.807) is 0 Å². The first-order valence-corrected chi connectivity index (χ1v) is 7.96.